The van der Waals surface area contributed by atoms with Crippen LogP contribution in [0.25, 0.3) is 0 Å². The number of hydrogen-bond donors (Lipinski definition) is 0. The number of Topliss-reactive ketones (excluding diaryl/α,β-unsaturated/α-hetero) is 1. The summed E-state index contributed by atoms with van der Waals surface area (Å²) in [4.78, 5) is 20.2. The molecule has 0 bridgehead atoms. The number of thiophene rings is 1. The lowest BCUT2D eigenvalue weighted by atomic mass is 10.0. The molecule has 5 heteroatoms. The Morgan fingerprint density at radius 1 is 1.35 bits per heavy atom. The number of ketones is 1. The van der Waals surface area contributed by atoms with E-state index in [4.69, 9.17) is 0 Å². The highest BCUT2D eigenvalue weighted by Gasteiger charge is 2.33. The summed E-state index contributed by atoms with van der Waals surface area (Å²) in [6.07, 6.45) is 5.19. The molecular formula is C15H16N2OS2. The SMILES string of the molecule is O=C1CCCc2sc(N(Cc3ccsc3)C3CC3)nc21. The number of carbonyl (C=O) groups excluding carboxylic acids is 1. The van der Waals surface area contributed by atoms with Crippen molar-refractivity contribution < 1.29 is 4.79 Å². The van der Waals surface area contributed by atoms with E-state index in [9.17, 15) is 4.79 Å². The van der Waals surface area contributed by atoms with Gasteiger partial charge in [0.25, 0.3) is 0 Å². The van der Waals surface area contributed by atoms with E-state index in [0.717, 1.165) is 30.2 Å². The maximum absolute atomic E-state index is 12.0. The van der Waals surface area contributed by atoms with Crippen LogP contribution in [0.15, 0.2) is 16.8 Å². The number of thiazole rings is 1. The Bertz CT molecular complexity index is 628. The minimum absolute atomic E-state index is 0.236. The van der Waals surface area contributed by atoms with E-state index in [1.54, 1.807) is 22.7 Å². The predicted molar refractivity (Wildman–Crippen MR) is 82.9 cm³/mol. The lowest BCUT2D eigenvalue weighted by Gasteiger charge is -2.20. The zero-order valence-electron chi connectivity index (χ0n) is 11.2. The van der Waals surface area contributed by atoms with E-state index < -0.39 is 0 Å². The maximum atomic E-state index is 12.0. The molecule has 2 aliphatic rings. The van der Waals surface area contributed by atoms with Crippen LogP contribution in [0.4, 0.5) is 5.13 Å². The maximum Gasteiger partial charge on any atom is 0.186 e. The molecule has 0 N–H and O–H groups in total. The molecule has 4 rings (SSSR count). The molecule has 104 valence electrons. The average molecular weight is 304 g/mol. The molecule has 0 aliphatic heterocycles. The molecule has 0 aromatic carbocycles. The highest BCUT2D eigenvalue weighted by Crippen LogP contribution is 2.38. The predicted octanol–water partition coefficient (Wildman–Crippen LogP) is 3.89. The monoisotopic (exact) mass is 304 g/mol. The van der Waals surface area contributed by atoms with Crippen molar-refractivity contribution in [1.82, 2.24) is 4.98 Å². The van der Waals surface area contributed by atoms with Crippen LogP contribution in [0.3, 0.4) is 0 Å². The van der Waals surface area contributed by atoms with E-state index >= 15 is 0 Å². The number of fused-ring (bicyclic) bond motifs is 1. The molecule has 20 heavy (non-hydrogen) atoms. The van der Waals surface area contributed by atoms with Crippen molar-refractivity contribution in [1.29, 1.82) is 0 Å². The number of aryl methyl sites for hydroxylation is 1. The molecule has 2 aromatic heterocycles. The average Bonchev–Trinajstić information content (AvgIpc) is 2.99. The first-order valence-corrected chi connectivity index (χ1v) is 8.88. The zero-order valence-corrected chi connectivity index (χ0v) is 12.8. The highest BCUT2D eigenvalue weighted by molar-refractivity contribution is 7.16. The largest absolute Gasteiger partial charge is 0.341 e. The third-order valence-corrected chi connectivity index (χ3v) is 5.81. The van der Waals surface area contributed by atoms with E-state index in [1.165, 1.54) is 23.3 Å². The lowest BCUT2D eigenvalue weighted by molar-refractivity contribution is 0.0968. The Morgan fingerprint density at radius 3 is 2.95 bits per heavy atom. The topological polar surface area (TPSA) is 33.2 Å². The molecule has 2 heterocycles. The second-order valence-electron chi connectivity index (χ2n) is 5.54. The Hall–Kier alpha value is -1.20. The van der Waals surface area contributed by atoms with E-state index in [1.807, 2.05) is 0 Å². The van der Waals surface area contributed by atoms with Crippen LogP contribution >= 0.6 is 22.7 Å². The molecule has 1 saturated carbocycles. The number of hydrogen-bond acceptors (Lipinski definition) is 5. The Labute approximate surface area is 126 Å². The molecule has 0 radical (unpaired) electrons. The fraction of sp³-hybridized carbons (Fsp3) is 0.467. The molecular weight excluding hydrogens is 288 g/mol. The minimum Gasteiger partial charge on any atom is -0.341 e. The fourth-order valence-corrected chi connectivity index (χ4v) is 4.55. The van der Waals surface area contributed by atoms with Crippen molar-refractivity contribution >= 4 is 33.6 Å². The summed E-state index contributed by atoms with van der Waals surface area (Å²) < 4.78 is 0. The molecule has 0 spiro atoms. The Balaban J connectivity index is 1.65. The number of anilines is 1. The van der Waals surface area contributed by atoms with Crippen LogP contribution in [0, 0.1) is 0 Å². The van der Waals surface area contributed by atoms with Gasteiger partial charge >= 0.3 is 0 Å². The Kier molecular flexibility index (Phi) is 3.11. The van der Waals surface area contributed by atoms with Crippen molar-refractivity contribution in [2.75, 3.05) is 4.90 Å². The summed E-state index contributed by atoms with van der Waals surface area (Å²) in [5, 5.41) is 5.38. The van der Waals surface area contributed by atoms with Crippen LogP contribution in [0.1, 0.15) is 46.6 Å². The first-order chi connectivity index (χ1) is 9.81. The molecule has 3 nitrogen and oxygen atoms in total. The van der Waals surface area contributed by atoms with Crippen LogP contribution < -0.4 is 4.90 Å². The minimum atomic E-state index is 0.236. The standard InChI is InChI=1S/C15H16N2OS2/c18-12-2-1-3-13-14(12)16-15(20-13)17(11-4-5-11)8-10-6-7-19-9-10/h6-7,9,11H,1-5,8H2. The molecule has 2 aliphatic carbocycles. The van der Waals surface area contributed by atoms with Crippen LogP contribution in [0.2, 0.25) is 0 Å². The van der Waals surface area contributed by atoms with E-state index in [2.05, 4.69) is 26.7 Å². The van der Waals surface area contributed by atoms with Gasteiger partial charge in [0.15, 0.2) is 10.9 Å². The normalized spacial score (nSPS) is 18.1. The van der Waals surface area contributed by atoms with Crippen molar-refractivity contribution in [2.45, 2.75) is 44.7 Å². The van der Waals surface area contributed by atoms with Gasteiger partial charge in [0.1, 0.15) is 5.69 Å². The number of aromatic nitrogens is 1. The lowest BCUT2D eigenvalue weighted by Crippen LogP contribution is -2.24. The third-order valence-electron chi connectivity index (χ3n) is 3.92. The highest BCUT2D eigenvalue weighted by atomic mass is 32.1. The van der Waals surface area contributed by atoms with Crippen LogP contribution in [-0.4, -0.2) is 16.8 Å². The summed E-state index contributed by atoms with van der Waals surface area (Å²) in [7, 11) is 0. The summed E-state index contributed by atoms with van der Waals surface area (Å²) in [6, 6.07) is 2.80. The van der Waals surface area contributed by atoms with Crippen molar-refractivity contribution in [3.63, 3.8) is 0 Å². The second kappa shape index (κ2) is 4.97. The summed E-state index contributed by atoms with van der Waals surface area (Å²) in [6.45, 7) is 0.925. The molecule has 0 unspecified atom stereocenters. The van der Waals surface area contributed by atoms with Gasteiger partial charge < -0.3 is 4.90 Å². The second-order valence-corrected chi connectivity index (χ2v) is 7.38. The summed E-state index contributed by atoms with van der Waals surface area (Å²) in [5.41, 5.74) is 2.11. The molecule has 1 fully saturated rings. The molecule has 0 atom stereocenters. The first-order valence-electron chi connectivity index (χ1n) is 7.12. The third kappa shape index (κ3) is 2.29. The molecule has 0 amide bonds. The molecule has 0 saturated heterocycles. The first kappa shape index (κ1) is 12.5. The number of carbonyl (C=O) groups is 1. The van der Waals surface area contributed by atoms with Crippen molar-refractivity contribution in [3.05, 3.63) is 33.0 Å². The van der Waals surface area contributed by atoms with E-state index in [-0.39, 0.29) is 5.78 Å². The van der Waals surface area contributed by atoms with Crippen LogP contribution in [-0.2, 0) is 13.0 Å². The van der Waals surface area contributed by atoms with Gasteiger partial charge in [-0.1, -0.05) is 0 Å². The van der Waals surface area contributed by atoms with Crippen molar-refractivity contribution in [2.24, 2.45) is 0 Å². The van der Waals surface area contributed by atoms with Gasteiger partial charge in [0.2, 0.25) is 0 Å². The van der Waals surface area contributed by atoms with Gasteiger partial charge in [0.05, 0.1) is 0 Å². The van der Waals surface area contributed by atoms with Gasteiger partial charge in [-0.3, -0.25) is 4.79 Å². The Morgan fingerprint density at radius 2 is 2.25 bits per heavy atom. The van der Waals surface area contributed by atoms with Gasteiger partial charge in [0, 0.05) is 23.9 Å². The van der Waals surface area contributed by atoms with E-state index in [0.29, 0.717) is 12.5 Å². The zero-order chi connectivity index (χ0) is 13.5. The van der Waals surface area contributed by atoms with Gasteiger partial charge in [-0.15, -0.1) is 11.3 Å². The number of nitrogens with zero attached hydrogens (tertiary/aromatic N) is 2. The van der Waals surface area contributed by atoms with Gasteiger partial charge in [-0.25, -0.2) is 4.98 Å². The van der Waals surface area contributed by atoms with Gasteiger partial charge in [-0.05, 0) is 48.1 Å². The summed E-state index contributed by atoms with van der Waals surface area (Å²) >= 11 is 3.47. The fourth-order valence-electron chi connectivity index (χ4n) is 2.70. The molecule has 2 aromatic rings. The quantitative estimate of drug-likeness (QED) is 0.859. The smallest absolute Gasteiger partial charge is 0.186 e. The number of rotatable bonds is 4. The van der Waals surface area contributed by atoms with Crippen LogP contribution in [0.5, 0.6) is 0 Å². The van der Waals surface area contributed by atoms with Gasteiger partial charge in [-0.2, -0.15) is 11.3 Å². The summed E-state index contributed by atoms with van der Waals surface area (Å²) in [5.74, 6) is 0.236. The van der Waals surface area contributed by atoms with Crippen molar-refractivity contribution in [3.8, 4) is 0 Å².